The monoisotopic (exact) mass is 194 g/mol. The third-order valence-corrected chi connectivity index (χ3v) is 1.83. The fourth-order valence-corrected chi connectivity index (χ4v) is 1.19. The van der Waals surface area contributed by atoms with Gasteiger partial charge in [0.25, 0.3) is 0 Å². The molecule has 0 radical (unpaired) electrons. The number of hydrogen-bond donors (Lipinski definition) is 1. The molecule has 70 valence electrons. The van der Waals surface area contributed by atoms with E-state index in [1.807, 2.05) is 43.3 Å². The first-order valence-electron chi connectivity index (χ1n) is 4.37. The summed E-state index contributed by atoms with van der Waals surface area (Å²) in [7, 11) is 0. The molecule has 2 heteroatoms. The third-order valence-electron chi connectivity index (χ3n) is 1.62. The van der Waals surface area contributed by atoms with Gasteiger partial charge in [-0.05, 0) is 13.0 Å². The maximum atomic E-state index is 5.46. The fourth-order valence-electron chi connectivity index (χ4n) is 1.08. The van der Waals surface area contributed by atoms with Gasteiger partial charge in [0, 0.05) is 11.3 Å². The molecule has 0 aliphatic heterocycles. The molecule has 0 N–H and O–H groups in total. The summed E-state index contributed by atoms with van der Waals surface area (Å²) in [6.45, 7) is 2.69. The van der Waals surface area contributed by atoms with Gasteiger partial charge in [0.1, 0.15) is 5.75 Å². The second-order valence-electron chi connectivity index (χ2n) is 2.56. The van der Waals surface area contributed by atoms with Gasteiger partial charge in [0.2, 0.25) is 0 Å². The van der Waals surface area contributed by atoms with Gasteiger partial charge in [-0.2, -0.15) is 12.6 Å². The predicted octanol–water partition coefficient (Wildman–Crippen LogP) is 3.03. The number of rotatable bonds is 4. The molecule has 1 aromatic rings. The Morgan fingerprint density at radius 2 is 2.15 bits per heavy atom. The van der Waals surface area contributed by atoms with Crippen molar-refractivity contribution in [2.45, 2.75) is 6.92 Å². The first-order chi connectivity index (χ1) is 6.38. The number of thiol groups is 1. The molecule has 0 amide bonds. The van der Waals surface area contributed by atoms with Crippen LogP contribution >= 0.6 is 12.6 Å². The lowest BCUT2D eigenvalue weighted by Gasteiger charge is -2.05. The zero-order chi connectivity index (χ0) is 9.52. The van der Waals surface area contributed by atoms with E-state index in [1.165, 1.54) is 0 Å². The minimum absolute atomic E-state index is 0.700. The van der Waals surface area contributed by atoms with E-state index in [9.17, 15) is 0 Å². The predicted molar refractivity (Wildman–Crippen MR) is 60.5 cm³/mol. The van der Waals surface area contributed by atoms with Gasteiger partial charge in [0.15, 0.2) is 0 Å². The van der Waals surface area contributed by atoms with Crippen LogP contribution in [-0.4, -0.2) is 12.4 Å². The Balaban J connectivity index is 2.84. The highest BCUT2D eigenvalue weighted by atomic mass is 32.1. The van der Waals surface area contributed by atoms with Gasteiger partial charge in [-0.1, -0.05) is 30.4 Å². The molecule has 13 heavy (non-hydrogen) atoms. The summed E-state index contributed by atoms with van der Waals surface area (Å²) in [5.41, 5.74) is 1.11. The Bertz CT molecular complexity index is 281. The Morgan fingerprint density at radius 1 is 1.38 bits per heavy atom. The normalized spacial score (nSPS) is 10.6. The minimum atomic E-state index is 0.700. The van der Waals surface area contributed by atoms with E-state index in [1.54, 1.807) is 0 Å². The Kier molecular flexibility index (Phi) is 4.47. The molecule has 0 fully saturated rings. The molecule has 0 unspecified atom stereocenters. The van der Waals surface area contributed by atoms with Crippen molar-refractivity contribution in [2.75, 3.05) is 12.4 Å². The van der Waals surface area contributed by atoms with E-state index in [4.69, 9.17) is 4.74 Å². The molecule has 0 aromatic heterocycles. The highest BCUT2D eigenvalue weighted by Gasteiger charge is 1.96. The molecule has 0 heterocycles. The van der Waals surface area contributed by atoms with Crippen molar-refractivity contribution >= 4 is 18.7 Å². The van der Waals surface area contributed by atoms with Crippen LogP contribution in [0, 0.1) is 0 Å². The average Bonchev–Trinajstić information content (AvgIpc) is 2.17. The molecule has 0 bridgehead atoms. The van der Waals surface area contributed by atoms with Crippen molar-refractivity contribution in [2.24, 2.45) is 0 Å². The molecule has 0 saturated heterocycles. The molecule has 1 aromatic carbocycles. The highest BCUT2D eigenvalue weighted by Crippen LogP contribution is 2.19. The summed E-state index contributed by atoms with van der Waals surface area (Å²) in [4.78, 5) is 0. The van der Waals surface area contributed by atoms with Crippen LogP contribution in [0.15, 0.2) is 30.3 Å². The number of para-hydroxylation sites is 1. The molecule has 0 spiro atoms. The summed E-state index contributed by atoms with van der Waals surface area (Å²) in [5.74, 6) is 1.68. The second-order valence-corrected chi connectivity index (χ2v) is 2.92. The van der Waals surface area contributed by atoms with Gasteiger partial charge >= 0.3 is 0 Å². The Morgan fingerprint density at radius 3 is 2.85 bits per heavy atom. The van der Waals surface area contributed by atoms with E-state index in [0.717, 1.165) is 17.1 Å². The first-order valence-corrected chi connectivity index (χ1v) is 5.01. The van der Waals surface area contributed by atoms with Crippen LogP contribution in [0.4, 0.5) is 0 Å². The lowest BCUT2D eigenvalue weighted by molar-refractivity contribution is 0.339. The molecular weight excluding hydrogens is 180 g/mol. The fraction of sp³-hybridized carbons (Fsp3) is 0.273. The van der Waals surface area contributed by atoms with Crippen LogP contribution < -0.4 is 4.74 Å². The molecule has 1 nitrogen and oxygen atoms in total. The average molecular weight is 194 g/mol. The lowest BCUT2D eigenvalue weighted by Crippen LogP contribution is -1.93. The van der Waals surface area contributed by atoms with Crippen molar-refractivity contribution in [3.63, 3.8) is 0 Å². The first kappa shape index (κ1) is 10.2. The minimum Gasteiger partial charge on any atom is -0.493 e. The number of ether oxygens (including phenoxy) is 1. The number of hydrogen-bond acceptors (Lipinski definition) is 2. The van der Waals surface area contributed by atoms with Crippen molar-refractivity contribution in [1.29, 1.82) is 0 Å². The van der Waals surface area contributed by atoms with Crippen LogP contribution in [0.2, 0.25) is 0 Å². The summed E-state index contributed by atoms with van der Waals surface area (Å²) in [5, 5.41) is 0. The van der Waals surface area contributed by atoms with Gasteiger partial charge in [-0.3, -0.25) is 0 Å². The highest BCUT2D eigenvalue weighted by molar-refractivity contribution is 7.80. The van der Waals surface area contributed by atoms with Crippen LogP contribution in [0.5, 0.6) is 5.75 Å². The largest absolute Gasteiger partial charge is 0.493 e. The van der Waals surface area contributed by atoms with E-state index >= 15 is 0 Å². The molecule has 0 atom stereocenters. The zero-order valence-corrected chi connectivity index (χ0v) is 8.63. The molecular formula is C11H14OS. The van der Waals surface area contributed by atoms with Gasteiger partial charge < -0.3 is 4.74 Å². The smallest absolute Gasteiger partial charge is 0.126 e. The van der Waals surface area contributed by atoms with Crippen molar-refractivity contribution in [3.8, 4) is 5.75 Å². The SMILES string of the molecule is CCOc1ccccc1C=CCS. The van der Waals surface area contributed by atoms with Crippen molar-refractivity contribution in [3.05, 3.63) is 35.9 Å². The number of benzene rings is 1. The van der Waals surface area contributed by atoms with E-state index in [2.05, 4.69) is 12.6 Å². The van der Waals surface area contributed by atoms with Gasteiger partial charge in [0.05, 0.1) is 6.61 Å². The van der Waals surface area contributed by atoms with Crippen molar-refractivity contribution in [1.82, 2.24) is 0 Å². The summed E-state index contributed by atoms with van der Waals surface area (Å²) in [6, 6.07) is 7.98. The Hall–Kier alpha value is -0.890. The molecule has 0 aliphatic carbocycles. The zero-order valence-electron chi connectivity index (χ0n) is 7.73. The molecule has 1 rings (SSSR count). The summed E-state index contributed by atoms with van der Waals surface area (Å²) < 4.78 is 5.46. The molecule has 0 aliphatic rings. The van der Waals surface area contributed by atoms with E-state index in [0.29, 0.717) is 6.61 Å². The van der Waals surface area contributed by atoms with Crippen LogP contribution in [0.3, 0.4) is 0 Å². The maximum Gasteiger partial charge on any atom is 0.126 e. The van der Waals surface area contributed by atoms with E-state index in [-0.39, 0.29) is 0 Å². The lowest BCUT2D eigenvalue weighted by atomic mass is 10.2. The third kappa shape index (κ3) is 3.15. The van der Waals surface area contributed by atoms with Gasteiger partial charge in [-0.15, -0.1) is 0 Å². The van der Waals surface area contributed by atoms with Crippen molar-refractivity contribution < 1.29 is 4.74 Å². The second kappa shape index (κ2) is 5.70. The maximum absolute atomic E-state index is 5.46. The van der Waals surface area contributed by atoms with Crippen LogP contribution in [0.1, 0.15) is 12.5 Å². The summed E-state index contributed by atoms with van der Waals surface area (Å²) >= 11 is 4.11. The molecule has 0 saturated carbocycles. The van der Waals surface area contributed by atoms with Gasteiger partial charge in [-0.25, -0.2) is 0 Å². The van der Waals surface area contributed by atoms with Crippen LogP contribution in [-0.2, 0) is 0 Å². The van der Waals surface area contributed by atoms with E-state index < -0.39 is 0 Å². The topological polar surface area (TPSA) is 9.23 Å². The standard InChI is InChI=1S/C11H14OS/c1-2-12-11-8-4-3-6-10(11)7-5-9-13/h3-8,13H,2,9H2,1H3. The Labute approximate surface area is 84.8 Å². The van der Waals surface area contributed by atoms with Crippen LogP contribution in [0.25, 0.3) is 6.08 Å². The quantitative estimate of drug-likeness (QED) is 0.725. The summed E-state index contributed by atoms with van der Waals surface area (Å²) in [6.07, 6.45) is 4.03.